The van der Waals surface area contributed by atoms with Gasteiger partial charge in [0.25, 0.3) is 0 Å². The number of nitrogens with two attached hydrogens (primary N) is 1. The van der Waals surface area contributed by atoms with E-state index < -0.39 is 0 Å². The molecule has 15 heavy (non-hydrogen) atoms. The molecule has 1 unspecified atom stereocenters. The summed E-state index contributed by atoms with van der Waals surface area (Å²) < 4.78 is 1.20. The molecule has 1 aromatic rings. The van der Waals surface area contributed by atoms with Crippen LogP contribution in [0.25, 0.3) is 0 Å². The summed E-state index contributed by atoms with van der Waals surface area (Å²) in [6.07, 6.45) is 0.516. The third kappa shape index (κ3) is 4.37. The Morgan fingerprint density at radius 1 is 1.53 bits per heavy atom. The molecule has 0 saturated heterocycles. The van der Waals surface area contributed by atoms with Crippen molar-refractivity contribution in [3.05, 3.63) is 27.8 Å². The third-order valence-corrected chi connectivity index (χ3v) is 2.62. The summed E-state index contributed by atoms with van der Waals surface area (Å²) in [5, 5.41) is 14.6. The van der Waals surface area contributed by atoms with Crippen LogP contribution >= 0.6 is 22.6 Å². The van der Waals surface area contributed by atoms with Crippen LogP contribution in [-0.2, 0) is 0 Å². The highest BCUT2D eigenvalue weighted by Gasteiger charge is 2.04. The average molecular weight is 319 g/mol. The lowest BCUT2D eigenvalue weighted by Gasteiger charge is -2.14. The van der Waals surface area contributed by atoms with Crippen LogP contribution < -0.4 is 11.1 Å². The minimum absolute atomic E-state index is 0.140. The van der Waals surface area contributed by atoms with Gasteiger partial charge in [0.2, 0.25) is 0 Å². The second-order valence-electron chi connectivity index (χ2n) is 3.35. The highest BCUT2D eigenvalue weighted by atomic mass is 127. The van der Waals surface area contributed by atoms with Crippen LogP contribution in [0.2, 0.25) is 0 Å². The molecule has 4 nitrogen and oxygen atoms in total. The minimum atomic E-state index is 0.140. The molecular formula is C10H14IN3O. The van der Waals surface area contributed by atoms with Gasteiger partial charge in [-0.05, 0) is 53.8 Å². The fraction of sp³-hybridized carbons (Fsp3) is 0.300. The first kappa shape index (κ1) is 12.1. The number of hydrogen-bond acceptors (Lipinski definition) is 3. The summed E-state index contributed by atoms with van der Waals surface area (Å²) in [6.45, 7) is 1.98. The SMILES string of the molecule is CC(CC(N)=NO)Nc1ccc(I)cc1. The van der Waals surface area contributed by atoms with Crippen LogP contribution in [0.3, 0.4) is 0 Å². The molecule has 0 spiro atoms. The van der Waals surface area contributed by atoms with E-state index in [0.717, 1.165) is 5.69 Å². The molecule has 82 valence electrons. The topological polar surface area (TPSA) is 70.6 Å². The number of oxime groups is 1. The predicted molar refractivity (Wildman–Crippen MR) is 70.3 cm³/mol. The maximum Gasteiger partial charge on any atom is 0.141 e. The van der Waals surface area contributed by atoms with Gasteiger partial charge in [0.1, 0.15) is 5.84 Å². The molecule has 0 amide bonds. The number of hydrogen-bond donors (Lipinski definition) is 3. The Morgan fingerprint density at radius 3 is 2.67 bits per heavy atom. The van der Waals surface area contributed by atoms with Gasteiger partial charge in [0.05, 0.1) is 0 Å². The monoisotopic (exact) mass is 319 g/mol. The van der Waals surface area contributed by atoms with Crippen LogP contribution in [0.5, 0.6) is 0 Å². The fourth-order valence-corrected chi connectivity index (χ4v) is 1.60. The van der Waals surface area contributed by atoms with Gasteiger partial charge < -0.3 is 16.3 Å². The van der Waals surface area contributed by atoms with E-state index in [1.54, 1.807) is 0 Å². The minimum Gasteiger partial charge on any atom is -0.409 e. The molecule has 1 rings (SSSR count). The van der Waals surface area contributed by atoms with E-state index in [-0.39, 0.29) is 11.9 Å². The molecule has 1 atom stereocenters. The van der Waals surface area contributed by atoms with E-state index in [1.165, 1.54) is 3.57 Å². The van der Waals surface area contributed by atoms with Crippen molar-refractivity contribution in [2.24, 2.45) is 10.9 Å². The molecular weight excluding hydrogens is 305 g/mol. The first-order valence-electron chi connectivity index (χ1n) is 4.60. The van der Waals surface area contributed by atoms with Gasteiger partial charge in [-0.1, -0.05) is 5.16 Å². The van der Waals surface area contributed by atoms with Crippen molar-refractivity contribution in [1.82, 2.24) is 0 Å². The number of halogens is 1. The van der Waals surface area contributed by atoms with E-state index in [0.29, 0.717) is 6.42 Å². The van der Waals surface area contributed by atoms with Gasteiger partial charge in [0.15, 0.2) is 0 Å². The second-order valence-corrected chi connectivity index (χ2v) is 4.59. The Bertz CT molecular complexity index is 337. The summed E-state index contributed by atoms with van der Waals surface area (Å²) >= 11 is 2.26. The number of nitrogens with zero attached hydrogens (tertiary/aromatic N) is 1. The highest BCUT2D eigenvalue weighted by Crippen LogP contribution is 2.12. The summed E-state index contributed by atoms with van der Waals surface area (Å²) in [5.74, 6) is 0.237. The van der Waals surface area contributed by atoms with Crippen molar-refractivity contribution in [3.63, 3.8) is 0 Å². The quantitative estimate of drug-likeness (QED) is 0.262. The Labute approximate surface area is 103 Å². The molecule has 0 heterocycles. The summed E-state index contributed by atoms with van der Waals surface area (Å²) in [4.78, 5) is 0. The normalized spacial score (nSPS) is 13.6. The average Bonchev–Trinajstić information content (AvgIpc) is 2.21. The van der Waals surface area contributed by atoms with Crippen LogP contribution in [0.15, 0.2) is 29.4 Å². The summed E-state index contributed by atoms with van der Waals surface area (Å²) in [7, 11) is 0. The Hall–Kier alpha value is -0.980. The second kappa shape index (κ2) is 5.79. The molecule has 4 N–H and O–H groups in total. The standard InChI is InChI=1S/C10H14IN3O/c1-7(6-10(12)14-15)13-9-4-2-8(11)3-5-9/h2-5,7,13,15H,6H2,1H3,(H2,12,14). The lowest BCUT2D eigenvalue weighted by atomic mass is 10.2. The predicted octanol–water partition coefficient (Wildman–Crippen LogP) is 2.23. The van der Waals surface area contributed by atoms with Gasteiger partial charge >= 0.3 is 0 Å². The molecule has 0 aromatic heterocycles. The first-order valence-corrected chi connectivity index (χ1v) is 5.68. The van der Waals surface area contributed by atoms with Crippen molar-refractivity contribution >= 4 is 34.1 Å². The summed E-state index contributed by atoms with van der Waals surface area (Å²) in [5.41, 5.74) is 6.45. The van der Waals surface area contributed by atoms with E-state index in [4.69, 9.17) is 10.9 Å². The van der Waals surface area contributed by atoms with Crippen molar-refractivity contribution in [2.75, 3.05) is 5.32 Å². The van der Waals surface area contributed by atoms with Crippen molar-refractivity contribution in [2.45, 2.75) is 19.4 Å². The van der Waals surface area contributed by atoms with E-state index >= 15 is 0 Å². The molecule has 0 radical (unpaired) electrons. The van der Waals surface area contributed by atoms with Crippen LogP contribution in [0.4, 0.5) is 5.69 Å². The van der Waals surface area contributed by atoms with Crippen molar-refractivity contribution < 1.29 is 5.21 Å². The number of nitrogens with one attached hydrogen (secondary N) is 1. The third-order valence-electron chi connectivity index (χ3n) is 1.90. The van der Waals surface area contributed by atoms with Crippen LogP contribution in [-0.4, -0.2) is 17.1 Å². The highest BCUT2D eigenvalue weighted by molar-refractivity contribution is 14.1. The first-order chi connectivity index (χ1) is 7.11. The zero-order valence-electron chi connectivity index (χ0n) is 8.44. The Balaban J connectivity index is 2.51. The number of benzene rings is 1. The van der Waals surface area contributed by atoms with Gasteiger partial charge in [0, 0.05) is 21.7 Å². The van der Waals surface area contributed by atoms with Crippen LogP contribution in [0.1, 0.15) is 13.3 Å². The Kier molecular flexibility index (Phi) is 4.67. The lowest BCUT2D eigenvalue weighted by Crippen LogP contribution is -2.24. The van der Waals surface area contributed by atoms with Gasteiger partial charge in [-0.15, -0.1) is 0 Å². The fourth-order valence-electron chi connectivity index (χ4n) is 1.24. The molecule has 5 heteroatoms. The number of amidine groups is 1. The molecule has 1 aromatic carbocycles. The van der Waals surface area contributed by atoms with Gasteiger partial charge in [-0.25, -0.2) is 0 Å². The molecule has 0 aliphatic carbocycles. The van der Waals surface area contributed by atoms with E-state index in [2.05, 4.69) is 33.1 Å². The zero-order valence-corrected chi connectivity index (χ0v) is 10.6. The van der Waals surface area contributed by atoms with Gasteiger partial charge in [-0.3, -0.25) is 0 Å². The maximum absolute atomic E-state index is 8.42. The summed E-state index contributed by atoms with van der Waals surface area (Å²) in [6, 6.07) is 8.20. The lowest BCUT2D eigenvalue weighted by molar-refractivity contribution is 0.316. The smallest absolute Gasteiger partial charge is 0.141 e. The number of anilines is 1. The van der Waals surface area contributed by atoms with Crippen molar-refractivity contribution in [1.29, 1.82) is 0 Å². The van der Waals surface area contributed by atoms with E-state index in [1.807, 2.05) is 31.2 Å². The molecule has 0 bridgehead atoms. The van der Waals surface area contributed by atoms with Crippen molar-refractivity contribution in [3.8, 4) is 0 Å². The van der Waals surface area contributed by atoms with E-state index in [9.17, 15) is 0 Å². The van der Waals surface area contributed by atoms with Crippen LogP contribution in [0, 0.1) is 3.57 Å². The zero-order chi connectivity index (χ0) is 11.3. The number of rotatable bonds is 4. The Morgan fingerprint density at radius 2 is 2.13 bits per heavy atom. The molecule has 0 aliphatic heterocycles. The maximum atomic E-state index is 8.42. The molecule has 0 aliphatic rings. The largest absolute Gasteiger partial charge is 0.409 e. The molecule has 0 fully saturated rings. The van der Waals surface area contributed by atoms with Gasteiger partial charge in [-0.2, -0.15) is 0 Å². The molecule has 0 saturated carbocycles.